The Bertz CT molecular complexity index is 594. The van der Waals surface area contributed by atoms with E-state index < -0.39 is 60.0 Å². The molecule has 0 bridgehead atoms. The maximum Gasteiger partial charge on any atom is 0.460 e. The lowest BCUT2D eigenvalue weighted by molar-refractivity contribution is -0.350. The van der Waals surface area contributed by atoms with Gasteiger partial charge in [-0.2, -0.15) is 57.1 Å². The Kier molecular flexibility index (Phi) is 6.68. The molecule has 0 fully saturated rings. The lowest BCUT2D eigenvalue weighted by Gasteiger charge is -2.34. The molecule has 0 aromatic rings. The van der Waals surface area contributed by atoms with Gasteiger partial charge in [-0.05, 0) is 0 Å². The number of halogens is 18. The summed E-state index contributed by atoms with van der Waals surface area (Å²) in [5, 5.41) is 0. The Morgan fingerprint density at radius 1 is 0.500 bits per heavy atom. The fourth-order valence-electron chi connectivity index (χ4n) is 1.27. The van der Waals surface area contributed by atoms with Crippen molar-refractivity contribution in [1.29, 1.82) is 0 Å². The second kappa shape index (κ2) is 7.07. The molecule has 0 radical (unpaired) electrons. The molecule has 0 heterocycles. The standard InChI is InChI=1S/C10H2F18/c11-1(2(12)6(18,19)9(24,25)10(26,27)28)5(16,17)8(22,23)7(20,21)3(13)4(14)15/h3-4H. The Labute approximate surface area is 140 Å². The van der Waals surface area contributed by atoms with E-state index in [1.807, 2.05) is 0 Å². The minimum atomic E-state index is -7.83. The number of hydrogen-bond acceptors (Lipinski definition) is 0. The van der Waals surface area contributed by atoms with Gasteiger partial charge in [0.15, 0.2) is 0 Å². The van der Waals surface area contributed by atoms with Gasteiger partial charge in [0, 0.05) is 0 Å². The summed E-state index contributed by atoms with van der Waals surface area (Å²) in [5.41, 5.74) is 0. The largest absolute Gasteiger partial charge is 0.460 e. The zero-order valence-corrected chi connectivity index (χ0v) is 12.0. The summed E-state index contributed by atoms with van der Waals surface area (Å²) in [4.78, 5) is 0. The molecule has 28 heavy (non-hydrogen) atoms. The molecule has 0 aromatic heterocycles. The average Bonchev–Trinajstić information content (AvgIpc) is 2.50. The molecule has 0 aliphatic carbocycles. The van der Waals surface area contributed by atoms with Gasteiger partial charge in [-0.1, -0.05) is 0 Å². The van der Waals surface area contributed by atoms with Crippen molar-refractivity contribution in [1.82, 2.24) is 0 Å². The van der Waals surface area contributed by atoms with Gasteiger partial charge >= 0.3 is 35.8 Å². The van der Waals surface area contributed by atoms with Gasteiger partial charge in [-0.15, -0.1) is 0 Å². The first-order valence-electron chi connectivity index (χ1n) is 5.86. The molecule has 1 unspecified atom stereocenters. The van der Waals surface area contributed by atoms with E-state index in [2.05, 4.69) is 0 Å². The van der Waals surface area contributed by atoms with Gasteiger partial charge in [0.05, 0.1) is 0 Å². The first-order valence-corrected chi connectivity index (χ1v) is 5.86. The minimum Gasteiger partial charge on any atom is -0.234 e. The highest BCUT2D eigenvalue weighted by Gasteiger charge is 2.81. The monoisotopic (exact) mass is 464 g/mol. The third kappa shape index (κ3) is 3.69. The molecule has 0 saturated carbocycles. The molecule has 0 aliphatic rings. The van der Waals surface area contributed by atoms with Crippen molar-refractivity contribution in [2.75, 3.05) is 0 Å². The summed E-state index contributed by atoms with van der Waals surface area (Å²) in [7, 11) is 0. The molecule has 18 heteroatoms. The Morgan fingerprint density at radius 3 is 1.04 bits per heavy atom. The van der Waals surface area contributed by atoms with E-state index in [1.165, 1.54) is 0 Å². The van der Waals surface area contributed by atoms with Gasteiger partial charge in [-0.3, -0.25) is 0 Å². The van der Waals surface area contributed by atoms with Crippen LogP contribution in [0.4, 0.5) is 79.0 Å². The molecule has 0 aliphatic heterocycles. The van der Waals surface area contributed by atoms with E-state index >= 15 is 0 Å². The third-order valence-electron chi connectivity index (χ3n) is 2.87. The van der Waals surface area contributed by atoms with E-state index in [0.29, 0.717) is 0 Å². The number of alkyl halides is 16. The Balaban J connectivity index is 6.56. The second-order valence-electron chi connectivity index (χ2n) is 4.78. The van der Waals surface area contributed by atoms with Gasteiger partial charge in [0.2, 0.25) is 17.8 Å². The normalized spacial score (nSPS) is 17.7. The highest BCUT2D eigenvalue weighted by molar-refractivity contribution is 5.24. The molecule has 0 saturated heterocycles. The van der Waals surface area contributed by atoms with Crippen LogP contribution in [0, 0.1) is 0 Å². The van der Waals surface area contributed by atoms with Crippen LogP contribution in [0.25, 0.3) is 0 Å². The van der Waals surface area contributed by atoms with Crippen LogP contribution in [0.3, 0.4) is 0 Å². The van der Waals surface area contributed by atoms with Crippen molar-refractivity contribution in [2.45, 2.75) is 48.4 Å². The molecule has 0 spiro atoms. The zero-order chi connectivity index (χ0) is 23.3. The highest BCUT2D eigenvalue weighted by Crippen LogP contribution is 2.56. The lowest BCUT2D eigenvalue weighted by atomic mass is 9.97. The molecule has 0 amide bonds. The number of allylic oxidation sites excluding steroid dienone is 2. The number of hydrogen-bond donors (Lipinski definition) is 0. The van der Waals surface area contributed by atoms with E-state index in [-0.39, 0.29) is 0 Å². The summed E-state index contributed by atoms with van der Waals surface area (Å²) in [6.45, 7) is 0. The smallest absolute Gasteiger partial charge is 0.234 e. The second-order valence-corrected chi connectivity index (χ2v) is 4.78. The van der Waals surface area contributed by atoms with Gasteiger partial charge < -0.3 is 0 Å². The quantitative estimate of drug-likeness (QED) is 0.379. The molecule has 0 nitrogen and oxygen atoms in total. The van der Waals surface area contributed by atoms with Crippen LogP contribution in [-0.4, -0.2) is 48.4 Å². The predicted molar refractivity (Wildman–Crippen MR) is 50.9 cm³/mol. The summed E-state index contributed by atoms with van der Waals surface area (Å²) in [6, 6.07) is 0. The maximum absolute atomic E-state index is 13.0. The molecular formula is C10H2F18. The molecule has 0 rings (SSSR count). The van der Waals surface area contributed by atoms with E-state index in [4.69, 9.17) is 0 Å². The van der Waals surface area contributed by atoms with Crippen molar-refractivity contribution in [2.24, 2.45) is 0 Å². The highest BCUT2D eigenvalue weighted by atomic mass is 19.4. The van der Waals surface area contributed by atoms with Crippen LogP contribution in [0.2, 0.25) is 0 Å². The van der Waals surface area contributed by atoms with Crippen LogP contribution in [0.15, 0.2) is 11.7 Å². The first-order chi connectivity index (χ1) is 11.9. The summed E-state index contributed by atoms with van der Waals surface area (Å²) < 4.78 is 225. The topological polar surface area (TPSA) is 0 Å². The van der Waals surface area contributed by atoms with Crippen molar-refractivity contribution in [3.05, 3.63) is 11.7 Å². The maximum atomic E-state index is 13.0. The summed E-state index contributed by atoms with van der Waals surface area (Å²) in [5.74, 6) is -48.9. The Hall–Kier alpha value is -1.52. The summed E-state index contributed by atoms with van der Waals surface area (Å²) >= 11 is 0. The third-order valence-corrected chi connectivity index (χ3v) is 2.87. The van der Waals surface area contributed by atoms with Crippen molar-refractivity contribution >= 4 is 0 Å². The van der Waals surface area contributed by atoms with E-state index in [0.717, 1.165) is 0 Å². The van der Waals surface area contributed by atoms with Crippen LogP contribution < -0.4 is 0 Å². The zero-order valence-electron chi connectivity index (χ0n) is 12.0. The van der Waals surface area contributed by atoms with Gasteiger partial charge in [0.1, 0.15) is 0 Å². The van der Waals surface area contributed by atoms with E-state index in [9.17, 15) is 79.0 Å². The fourth-order valence-corrected chi connectivity index (χ4v) is 1.27. The summed E-state index contributed by atoms with van der Waals surface area (Å²) in [6.07, 6.45) is -18.2. The van der Waals surface area contributed by atoms with Gasteiger partial charge in [-0.25, -0.2) is 22.0 Å². The Morgan fingerprint density at radius 2 is 0.786 bits per heavy atom. The minimum absolute atomic E-state index is 5.18. The molecule has 0 N–H and O–H groups in total. The molecule has 0 aromatic carbocycles. The number of rotatable bonds is 7. The average molecular weight is 464 g/mol. The van der Waals surface area contributed by atoms with Crippen molar-refractivity contribution < 1.29 is 79.0 Å². The van der Waals surface area contributed by atoms with Crippen LogP contribution in [0.5, 0.6) is 0 Å². The predicted octanol–water partition coefficient (Wildman–Crippen LogP) is 6.48. The molecule has 1 atom stereocenters. The van der Waals surface area contributed by atoms with Crippen LogP contribution in [-0.2, 0) is 0 Å². The first kappa shape index (κ1) is 26.5. The van der Waals surface area contributed by atoms with Crippen molar-refractivity contribution in [3.63, 3.8) is 0 Å². The fraction of sp³-hybridized carbons (Fsp3) is 0.800. The lowest BCUT2D eigenvalue weighted by Crippen LogP contribution is -2.60. The van der Waals surface area contributed by atoms with Crippen LogP contribution >= 0.6 is 0 Å². The van der Waals surface area contributed by atoms with Crippen molar-refractivity contribution in [3.8, 4) is 0 Å². The SMILES string of the molecule is FC(=C(F)C(F)(F)C(F)(F)C(F)(F)C(F)C(F)F)C(F)(F)C(F)(F)C(F)(F)F. The van der Waals surface area contributed by atoms with E-state index in [1.54, 1.807) is 0 Å². The van der Waals surface area contributed by atoms with Crippen LogP contribution in [0.1, 0.15) is 0 Å². The molecule has 168 valence electrons. The molecular weight excluding hydrogens is 462 g/mol. The van der Waals surface area contributed by atoms with Gasteiger partial charge in [0.25, 0.3) is 6.43 Å².